The summed E-state index contributed by atoms with van der Waals surface area (Å²) >= 11 is 0. The summed E-state index contributed by atoms with van der Waals surface area (Å²) in [4.78, 5) is 24.6. The first-order valence-electron chi connectivity index (χ1n) is 5.30. The van der Waals surface area contributed by atoms with Crippen molar-refractivity contribution >= 4 is 29.9 Å². The monoisotopic (exact) mass is 271 g/mol. The van der Waals surface area contributed by atoms with Crippen LogP contribution in [0.4, 0.5) is 5.69 Å². The Kier molecular flexibility index (Phi) is 6.36. The number of hydrogen-bond acceptors (Lipinski definition) is 3. The standard InChI is InChI=1S/C12H17N3O2.ClH/c1-8(13)11(16)14-10-6-4-5-9(7-10)12(17)15(2)3;/h4-8H,13H2,1-3H3,(H,14,16);1H. The maximum Gasteiger partial charge on any atom is 0.253 e. The number of amides is 2. The van der Waals surface area contributed by atoms with Crippen molar-refractivity contribution in [2.24, 2.45) is 5.73 Å². The van der Waals surface area contributed by atoms with Gasteiger partial charge in [-0.05, 0) is 25.1 Å². The quantitative estimate of drug-likeness (QED) is 0.864. The molecule has 5 nitrogen and oxygen atoms in total. The van der Waals surface area contributed by atoms with E-state index in [-0.39, 0.29) is 24.2 Å². The number of carbonyl (C=O) groups is 2. The normalized spacial score (nSPS) is 11.1. The van der Waals surface area contributed by atoms with E-state index < -0.39 is 6.04 Å². The van der Waals surface area contributed by atoms with Crippen molar-refractivity contribution in [3.05, 3.63) is 29.8 Å². The van der Waals surface area contributed by atoms with E-state index in [4.69, 9.17) is 5.73 Å². The van der Waals surface area contributed by atoms with Crippen LogP contribution in [0.5, 0.6) is 0 Å². The highest BCUT2D eigenvalue weighted by molar-refractivity contribution is 5.98. The van der Waals surface area contributed by atoms with Gasteiger partial charge in [0.1, 0.15) is 0 Å². The number of nitrogens with two attached hydrogens (primary N) is 1. The van der Waals surface area contributed by atoms with Crippen LogP contribution in [0.2, 0.25) is 0 Å². The number of benzene rings is 1. The van der Waals surface area contributed by atoms with Crippen molar-refractivity contribution in [2.75, 3.05) is 19.4 Å². The Morgan fingerprint density at radius 2 is 1.94 bits per heavy atom. The van der Waals surface area contributed by atoms with Gasteiger partial charge in [0.2, 0.25) is 5.91 Å². The molecule has 3 N–H and O–H groups in total. The van der Waals surface area contributed by atoms with Gasteiger partial charge in [-0.3, -0.25) is 9.59 Å². The van der Waals surface area contributed by atoms with Crippen molar-refractivity contribution < 1.29 is 9.59 Å². The highest BCUT2D eigenvalue weighted by atomic mass is 35.5. The Morgan fingerprint density at radius 1 is 1.33 bits per heavy atom. The molecule has 0 radical (unpaired) electrons. The van der Waals surface area contributed by atoms with Gasteiger partial charge in [-0.2, -0.15) is 0 Å². The molecule has 0 aliphatic rings. The van der Waals surface area contributed by atoms with Crippen LogP contribution in [-0.2, 0) is 4.79 Å². The van der Waals surface area contributed by atoms with Gasteiger partial charge in [0.25, 0.3) is 5.91 Å². The lowest BCUT2D eigenvalue weighted by Gasteiger charge is -2.12. The minimum absolute atomic E-state index is 0. The molecule has 1 rings (SSSR count). The first-order valence-corrected chi connectivity index (χ1v) is 5.30. The second kappa shape index (κ2) is 6.98. The molecule has 2 amide bonds. The Bertz CT molecular complexity index is 433. The summed E-state index contributed by atoms with van der Waals surface area (Å²) in [6.45, 7) is 1.60. The van der Waals surface area contributed by atoms with Crippen molar-refractivity contribution in [1.82, 2.24) is 4.90 Å². The molecule has 0 fully saturated rings. The Balaban J connectivity index is 0.00000289. The molecule has 0 aromatic heterocycles. The fraction of sp³-hybridized carbons (Fsp3) is 0.333. The molecule has 0 saturated carbocycles. The molecule has 18 heavy (non-hydrogen) atoms. The number of carbonyl (C=O) groups excluding carboxylic acids is 2. The van der Waals surface area contributed by atoms with E-state index >= 15 is 0 Å². The van der Waals surface area contributed by atoms with E-state index in [9.17, 15) is 9.59 Å². The summed E-state index contributed by atoms with van der Waals surface area (Å²) in [5.74, 6) is -0.388. The average molecular weight is 272 g/mol. The molecule has 1 unspecified atom stereocenters. The first-order chi connectivity index (χ1) is 7.91. The SMILES string of the molecule is CC(N)C(=O)Nc1cccc(C(=O)N(C)C)c1.Cl. The van der Waals surface area contributed by atoms with Crippen LogP contribution in [0.15, 0.2) is 24.3 Å². The number of nitrogens with zero attached hydrogens (tertiary/aromatic N) is 1. The van der Waals surface area contributed by atoms with Gasteiger partial charge in [0.15, 0.2) is 0 Å². The van der Waals surface area contributed by atoms with Crippen molar-refractivity contribution in [1.29, 1.82) is 0 Å². The van der Waals surface area contributed by atoms with E-state index in [0.717, 1.165) is 0 Å². The van der Waals surface area contributed by atoms with Gasteiger partial charge in [0.05, 0.1) is 6.04 Å². The Labute approximate surface area is 113 Å². The highest BCUT2D eigenvalue weighted by Gasteiger charge is 2.11. The molecule has 0 aliphatic heterocycles. The summed E-state index contributed by atoms with van der Waals surface area (Å²) in [6.07, 6.45) is 0. The van der Waals surface area contributed by atoms with Crippen LogP contribution in [0, 0.1) is 0 Å². The summed E-state index contributed by atoms with van der Waals surface area (Å²) in [6, 6.07) is 6.18. The summed E-state index contributed by atoms with van der Waals surface area (Å²) in [7, 11) is 3.35. The first kappa shape index (κ1) is 16.4. The summed E-state index contributed by atoms with van der Waals surface area (Å²) < 4.78 is 0. The second-order valence-corrected chi connectivity index (χ2v) is 4.06. The van der Waals surface area contributed by atoms with Crippen molar-refractivity contribution in [2.45, 2.75) is 13.0 Å². The zero-order valence-corrected chi connectivity index (χ0v) is 11.5. The van der Waals surface area contributed by atoms with Gasteiger partial charge in [-0.15, -0.1) is 12.4 Å². The number of anilines is 1. The van der Waals surface area contributed by atoms with Gasteiger partial charge in [-0.25, -0.2) is 0 Å². The molecule has 0 spiro atoms. The number of rotatable bonds is 3. The molecule has 1 atom stereocenters. The largest absolute Gasteiger partial charge is 0.345 e. The smallest absolute Gasteiger partial charge is 0.253 e. The molecular formula is C12H18ClN3O2. The van der Waals surface area contributed by atoms with E-state index in [0.29, 0.717) is 11.3 Å². The lowest BCUT2D eigenvalue weighted by atomic mass is 10.1. The zero-order chi connectivity index (χ0) is 13.0. The number of nitrogens with one attached hydrogen (secondary N) is 1. The predicted molar refractivity (Wildman–Crippen MR) is 74.0 cm³/mol. The van der Waals surface area contributed by atoms with Crippen LogP contribution in [0.3, 0.4) is 0 Å². The number of hydrogen-bond donors (Lipinski definition) is 2. The van der Waals surface area contributed by atoms with Crippen LogP contribution in [-0.4, -0.2) is 36.9 Å². The lowest BCUT2D eigenvalue weighted by Crippen LogP contribution is -2.32. The Hall–Kier alpha value is -1.59. The third-order valence-corrected chi connectivity index (χ3v) is 2.20. The maximum atomic E-state index is 11.7. The van der Waals surface area contributed by atoms with E-state index in [2.05, 4.69) is 5.32 Å². The van der Waals surface area contributed by atoms with Crippen molar-refractivity contribution in [3.63, 3.8) is 0 Å². The highest BCUT2D eigenvalue weighted by Crippen LogP contribution is 2.12. The molecule has 1 aromatic carbocycles. The van der Waals surface area contributed by atoms with E-state index in [1.54, 1.807) is 45.3 Å². The molecule has 0 saturated heterocycles. The Morgan fingerprint density at radius 3 is 2.44 bits per heavy atom. The topological polar surface area (TPSA) is 75.4 Å². The van der Waals surface area contributed by atoms with Crippen LogP contribution in [0.1, 0.15) is 17.3 Å². The molecule has 100 valence electrons. The van der Waals surface area contributed by atoms with Crippen molar-refractivity contribution in [3.8, 4) is 0 Å². The molecule has 0 bridgehead atoms. The van der Waals surface area contributed by atoms with E-state index in [1.807, 2.05) is 0 Å². The zero-order valence-electron chi connectivity index (χ0n) is 10.6. The third kappa shape index (κ3) is 4.35. The minimum atomic E-state index is -0.580. The van der Waals surface area contributed by atoms with Gasteiger partial charge < -0.3 is 16.0 Å². The minimum Gasteiger partial charge on any atom is -0.345 e. The predicted octanol–water partition coefficient (Wildman–Crippen LogP) is 1.10. The summed E-state index contributed by atoms with van der Waals surface area (Å²) in [5.41, 5.74) is 6.54. The fourth-order valence-electron chi connectivity index (χ4n) is 1.24. The summed E-state index contributed by atoms with van der Waals surface area (Å²) in [5, 5.41) is 2.64. The van der Waals surface area contributed by atoms with Gasteiger partial charge >= 0.3 is 0 Å². The molecular weight excluding hydrogens is 254 g/mol. The lowest BCUT2D eigenvalue weighted by molar-refractivity contribution is -0.117. The van der Waals surface area contributed by atoms with Gasteiger partial charge in [-0.1, -0.05) is 6.07 Å². The fourth-order valence-corrected chi connectivity index (χ4v) is 1.24. The molecule has 6 heteroatoms. The number of halogens is 1. The molecule has 0 aliphatic carbocycles. The third-order valence-electron chi connectivity index (χ3n) is 2.20. The van der Waals surface area contributed by atoms with Crippen LogP contribution in [0.25, 0.3) is 0 Å². The second-order valence-electron chi connectivity index (χ2n) is 4.06. The molecule has 0 heterocycles. The van der Waals surface area contributed by atoms with E-state index in [1.165, 1.54) is 4.90 Å². The van der Waals surface area contributed by atoms with Crippen LogP contribution >= 0.6 is 12.4 Å². The van der Waals surface area contributed by atoms with Gasteiger partial charge in [0, 0.05) is 25.3 Å². The average Bonchev–Trinajstić information content (AvgIpc) is 2.28. The molecule has 1 aromatic rings. The maximum absolute atomic E-state index is 11.7. The van der Waals surface area contributed by atoms with Crippen LogP contribution < -0.4 is 11.1 Å².